The van der Waals surface area contributed by atoms with Crippen molar-refractivity contribution < 1.29 is 24.5 Å². The number of unbranched alkanes of at least 4 members (excludes halogenated alkanes) is 22. The topological polar surface area (TPSA) is 95.9 Å². The summed E-state index contributed by atoms with van der Waals surface area (Å²) in [5.74, 6) is -0.514. The Balaban J connectivity index is 4.66. The van der Waals surface area contributed by atoms with Crippen molar-refractivity contribution in [1.82, 2.24) is 5.32 Å². The van der Waals surface area contributed by atoms with Gasteiger partial charge in [0.2, 0.25) is 5.91 Å². The molecule has 3 N–H and O–H groups in total. The Morgan fingerprint density at radius 3 is 1.42 bits per heavy atom. The van der Waals surface area contributed by atoms with Gasteiger partial charge in [0, 0.05) is 6.42 Å². The molecule has 0 aromatic carbocycles. The Labute approximate surface area is 365 Å². The summed E-state index contributed by atoms with van der Waals surface area (Å²) in [5, 5.41) is 23.7. The van der Waals surface area contributed by atoms with E-state index in [1.165, 1.54) is 89.9 Å². The average Bonchev–Trinajstić information content (AvgIpc) is 3.23. The molecule has 342 valence electrons. The van der Waals surface area contributed by atoms with Gasteiger partial charge in [-0.05, 0) is 89.9 Å². The highest BCUT2D eigenvalue weighted by Gasteiger charge is 2.24. The van der Waals surface area contributed by atoms with E-state index in [0.717, 1.165) is 103 Å². The number of rotatable bonds is 44. The zero-order valence-corrected chi connectivity index (χ0v) is 38.9. The van der Waals surface area contributed by atoms with Gasteiger partial charge in [-0.3, -0.25) is 9.59 Å². The maximum absolute atomic E-state index is 13.2. The quantitative estimate of drug-likeness (QED) is 0.0323. The molecule has 0 spiro atoms. The molecule has 59 heavy (non-hydrogen) atoms. The number of carbonyl (C=O) groups excluding carboxylic acids is 2. The first-order valence-corrected chi connectivity index (χ1v) is 25.0. The maximum Gasteiger partial charge on any atom is 0.306 e. The van der Waals surface area contributed by atoms with Crippen LogP contribution in [0.5, 0.6) is 0 Å². The summed E-state index contributed by atoms with van der Waals surface area (Å²) in [4.78, 5) is 26.1. The minimum Gasteiger partial charge on any atom is -0.462 e. The maximum atomic E-state index is 13.2. The standard InChI is InChI=1S/C53H95NO5/c1-4-7-10-13-16-19-22-24-26-27-30-32-35-38-41-44-49(59-53(58)46-43-40-37-34-31-28-25-23-20-17-14-11-8-5-2)47-52(57)54-50(48-55)51(56)45-42-39-36-33-29-21-18-15-12-9-6-3/h8,11,16-17,19-20,24-26,28,49-51,55-56H,4-7,9-10,12-15,18,21-23,27,29-48H2,1-3H3,(H,54,57)/b11-8+,19-16-,20-17+,26-24-,28-25+. The summed E-state index contributed by atoms with van der Waals surface area (Å²) in [6.45, 7) is 6.33. The molecule has 0 saturated carbocycles. The number of carbonyl (C=O) groups is 2. The second-order valence-corrected chi connectivity index (χ2v) is 16.8. The lowest BCUT2D eigenvalue weighted by molar-refractivity contribution is -0.151. The Hall–Kier alpha value is -2.44. The number of esters is 1. The number of ether oxygens (including phenoxy) is 1. The molecule has 6 heteroatoms. The molecule has 0 heterocycles. The third kappa shape index (κ3) is 42.1. The van der Waals surface area contributed by atoms with Crippen molar-refractivity contribution >= 4 is 11.9 Å². The smallest absolute Gasteiger partial charge is 0.306 e. The molecule has 6 nitrogen and oxygen atoms in total. The van der Waals surface area contributed by atoms with Crippen molar-refractivity contribution in [2.24, 2.45) is 0 Å². The van der Waals surface area contributed by atoms with Gasteiger partial charge in [0.15, 0.2) is 0 Å². The van der Waals surface area contributed by atoms with Crippen LogP contribution in [0.3, 0.4) is 0 Å². The van der Waals surface area contributed by atoms with E-state index in [4.69, 9.17) is 4.74 Å². The fraction of sp³-hybridized carbons (Fsp3) is 0.774. The molecule has 0 aromatic heterocycles. The summed E-state index contributed by atoms with van der Waals surface area (Å²) in [7, 11) is 0. The first-order chi connectivity index (χ1) is 29.0. The van der Waals surface area contributed by atoms with Gasteiger partial charge in [0.25, 0.3) is 0 Å². The molecular weight excluding hydrogens is 731 g/mol. The number of nitrogens with one attached hydrogen (secondary N) is 1. The van der Waals surface area contributed by atoms with Gasteiger partial charge in [0.05, 0.1) is 25.2 Å². The average molecular weight is 826 g/mol. The van der Waals surface area contributed by atoms with Crippen LogP contribution in [0.15, 0.2) is 60.8 Å². The molecule has 0 aliphatic rings. The number of amides is 1. The molecule has 0 bridgehead atoms. The molecule has 0 aromatic rings. The van der Waals surface area contributed by atoms with Crippen LogP contribution in [0.1, 0.15) is 239 Å². The summed E-state index contributed by atoms with van der Waals surface area (Å²) in [6, 6.07) is -0.711. The lowest BCUT2D eigenvalue weighted by Gasteiger charge is -2.24. The van der Waals surface area contributed by atoms with E-state index in [1.54, 1.807) is 0 Å². The summed E-state index contributed by atoms with van der Waals surface area (Å²) in [5.41, 5.74) is 0. The van der Waals surface area contributed by atoms with Crippen LogP contribution in [-0.2, 0) is 14.3 Å². The second-order valence-electron chi connectivity index (χ2n) is 16.8. The number of hydrogen-bond donors (Lipinski definition) is 3. The van der Waals surface area contributed by atoms with Gasteiger partial charge in [-0.2, -0.15) is 0 Å². The van der Waals surface area contributed by atoms with Gasteiger partial charge in [-0.15, -0.1) is 0 Å². The van der Waals surface area contributed by atoms with Gasteiger partial charge in [-0.25, -0.2) is 0 Å². The third-order valence-corrected chi connectivity index (χ3v) is 11.1. The highest BCUT2D eigenvalue weighted by molar-refractivity contribution is 5.77. The zero-order chi connectivity index (χ0) is 43.1. The molecule has 1 amide bonds. The minimum atomic E-state index is -0.796. The third-order valence-electron chi connectivity index (χ3n) is 11.1. The fourth-order valence-corrected chi connectivity index (χ4v) is 7.30. The number of allylic oxidation sites excluding steroid dienone is 10. The van der Waals surface area contributed by atoms with E-state index in [1.807, 2.05) is 0 Å². The van der Waals surface area contributed by atoms with Crippen molar-refractivity contribution in [2.45, 2.75) is 257 Å². The predicted octanol–water partition coefficient (Wildman–Crippen LogP) is 14.8. The molecule has 0 radical (unpaired) electrons. The van der Waals surface area contributed by atoms with Crippen LogP contribution in [0, 0.1) is 0 Å². The van der Waals surface area contributed by atoms with Gasteiger partial charge in [0.1, 0.15) is 6.10 Å². The van der Waals surface area contributed by atoms with Gasteiger partial charge < -0.3 is 20.3 Å². The molecule has 0 saturated heterocycles. The number of hydrogen-bond acceptors (Lipinski definition) is 5. The summed E-state index contributed by atoms with van der Waals surface area (Å²) < 4.78 is 5.91. The lowest BCUT2D eigenvalue weighted by Crippen LogP contribution is -2.46. The van der Waals surface area contributed by atoms with Crippen molar-refractivity contribution in [2.75, 3.05) is 6.61 Å². The van der Waals surface area contributed by atoms with Gasteiger partial charge >= 0.3 is 5.97 Å². The van der Waals surface area contributed by atoms with Crippen molar-refractivity contribution in [3.8, 4) is 0 Å². The Kier molecular flexibility index (Phi) is 44.7. The molecule has 0 aliphatic carbocycles. The lowest BCUT2D eigenvalue weighted by atomic mass is 10.0. The van der Waals surface area contributed by atoms with Crippen LogP contribution in [0.2, 0.25) is 0 Å². The Morgan fingerprint density at radius 1 is 0.508 bits per heavy atom. The zero-order valence-electron chi connectivity index (χ0n) is 38.9. The van der Waals surface area contributed by atoms with Crippen molar-refractivity contribution in [3.05, 3.63) is 60.8 Å². The first-order valence-electron chi connectivity index (χ1n) is 25.0. The van der Waals surface area contributed by atoms with E-state index >= 15 is 0 Å². The second kappa shape index (κ2) is 46.6. The van der Waals surface area contributed by atoms with Crippen LogP contribution < -0.4 is 5.32 Å². The molecule has 0 fully saturated rings. The fourth-order valence-electron chi connectivity index (χ4n) is 7.30. The van der Waals surface area contributed by atoms with Crippen LogP contribution in [0.4, 0.5) is 0 Å². The van der Waals surface area contributed by atoms with Crippen LogP contribution in [-0.4, -0.2) is 46.9 Å². The van der Waals surface area contributed by atoms with E-state index in [-0.39, 0.29) is 24.9 Å². The van der Waals surface area contributed by atoms with E-state index in [9.17, 15) is 19.8 Å². The summed E-state index contributed by atoms with van der Waals surface area (Å²) >= 11 is 0. The van der Waals surface area contributed by atoms with Crippen LogP contribution in [0.25, 0.3) is 0 Å². The molecule has 0 aliphatic heterocycles. The molecule has 0 rings (SSSR count). The number of aliphatic hydroxyl groups excluding tert-OH is 2. The largest absolute Gasteiger partial charge is 0.462 e. The highest BCUT2D eigenvalue weighted by Crippen LogP contribution is 2.17. The van der Waals surface area contributed by atoms with Gasteiger partial charge in [-0.1, -0.05) is 197 Å². The minimum absolute atomic E-state index is 0.0578. The highest BCUT2D eigenvalue weighted by atomic mass is 16.5. The molecular formula is C53H95NO5. The normalized spacial score (nSPS) is 13.8. The van der Waals surface area contributed by atoms with E-state index in [0.29, 0.717) is 19.3 Å². The van der Waals surface area contributed by atoms with E-state index < -0.39 is 18.2 Å². The SMILES string of the molecule is CC/C=C/C/C=C/C/C=C/CCCCCCC(=O)OC(CCCCCCC/C=C\C/C=C\CCCCC)CC(=O)NC(CO)C(O)CCCCCCCCCCCCC. The Morgan fingerprint density at radius 2 is 0.915 bits per heavy atom. The van der Waals surface area contributed by atoms with E-state index in [2.05, 4.69) is 86.8 Å². The molecule has 3 atom stereocenters. The molecule has 3 unspecified atom stereocenters. The monoisotopic (exact) mass is 826 g/mol. The van der Waals surface area contributed by atoms with Crippen molar-refractivity contribution in [1.29, 1.82) is 0 Å². The Bertz CT molecular complexity index is 1060. The first kappa shape index (κ1) is 56.6. The van der Waals surface area contributed by atoms with Crippen molar-refractivity contribution in [3.63, 3.8) is 0 Å². The predicted molar refractivity (Wildman–Crippen MR) is 255 cm³/mol. The summed E-state index contributed by atoms with van der Waals surface area (Å²) in [6.07, 6.45) is 57.0. The number of aliphatic hydroxyl groups is 2. The van der Waals surface area contributed by atoms with Crippen LogP contribution >= 0.6 is 0 Å².